The van der Waals surface area contributed by atoms with Crippen molar-refractivity contribution in [2.75, 3.05) is 12.8 Å². The molecule has 3 nitrogen and oxygen atoms in total. The SMILES string of the molecule is CSC1(CNC(C)c2ccc(-n3ccnc3)cc2)CCC1. The van der Waals surface area contributed by atoms with Gasteiger partial charge in [-0.1, -0.05) is 18.6 Å². The van der Waals surface area contributed by atoms with Crippen molar-refractivity contribution in [3.8, 4) is 5.69 Å². The second-order valence-electron chi connectivity index (χ2n) is 5.90. The van der Waals surface area contributed by atoms with E-state index < -0.39 is 0 Å². The zero-order chi connectivity index (χ0) is 14.7. The van der Waals surface area contributed by atoms with Gasteiger partial charge in [-0.2, -0.15) is 11.8 Å². The lowest BCUT2D eigenvalue weighted by atomic mass is 9.84. The third-order valence-electron chi connectivity index (χ3n) is 4.62. The first kappa shape index (κ1) is 14.7. The van der Waals surface area contributed by atoms with Crippen molar-refractivity contribution >= 4 is 11.8 Å². The van der Waals surface area contributed by atoms with Crippen LogP contribution in [0.2, 0.25) is 0 Å². The Balaban J connectivity index is 1.61. The molecule has 4 heteroatoms. The molecule has 1 aliphatic rings. The number of rotatable bonds is 6. The van der Waals surface area contributed by atoms with Crippen molar-refractivity contribution in [2.45, 2.75) is 37.0 Å². The molecule has 1 aromatic heterocycles. The van der Waals surface area contributed by atoms with Crippen molar-refractivity contribution in [1.82, 2.24) is 14.9 Å². The number of benzene rings is 1. The summed E-state index contributed by atoms with van der Waals surface area (Å²) in [5, 5.41) is 3.71. The summed E-state index contributed by atoms with van der Waals surface area (Å²) in [5.74, 6) is 0. The van der Waals surface area contributed by atoms with Gasteiger partial charge in [-0.15, -0.1) is 0 Å². The van der Waals surface area contributed by atoms with E-state index in [1.807, 2.05) is 28.9 Å². The van der Waals surface area contributed by atoms with Crippen LogP contribution in [-0.4, -0.2) is 27.1 Å². The molecule has 0 saturated heterocycles. The molecule has 3 rings (SSSR count). The second kappa shape index (κ2) is 6.24. The number of nitrogens with one attached hydrogen (secondary N) is 1. The fourth-order valence-electron chi connectivity index (χ4n) is 2.83. The van der Waals surface area contributed by atoms with Crippen LogP contribution in [0.5, 0.6) is 0 Å². The average Bonchev–Trinajstić information content (AvgIpc) is 3.01. The summed E-state index contributed by atoms with van der Waals surface area (Å²) in [6.45, 7) is 3.36. The summed E-state index contributed by atoms with van der Waals surface area (Å²) >= 11 is 2.02. The van der Waals surface area contributed by atoms with Gasteiger partial charge in [0.15, 0.2) is 0 Å². The van der Waals surface area contributed by atoms with E-state index in [1.54, 1.807) is 6.20 Å². The van der Waals surface area contributed by atoms with E-state index >= 15 is 0 Å². The molecule has 0 bridgehead atoms. The standard InChI is InChI=1S/C17H23N3S/c1-14(19-12-17(21-2)8-3-9-17)15-4-6-16(7-5-15)20-11-10-18-13-20/h4-7,10-11,13-14,19H,3,8-9,12H2,1-2H3. The van der Waals surface area contributed by atoms with Gasteiger partial charge >= 0.3 is 0 Å². The molecule has 2 aromatic rings. The number of thioether (sulfide) groups is 1. The van der Waals surface area contributed by atoms with E-state index in [0.717, 1.165) is 12.2 Å². The van der Waals surface area contributed by atoms with Gasteiger partial charge in [0.25, 0.3) is 0 Å². The van der Waals surface area contributed by atoms with E-state index in [-0.39, 0.29) is 0 Å². The summed E-state index contributed by atoms with van der Waals surface area (Å²) in [6.07, 6.45) is 11.9. The largest absolute Gasteiger partial charge is 0.309 e. The lowest BCUT2D eigenvalue weighted by molar-refractivity contribution is 0.334. The molecule has 1 fully saturated rings. The molecule has 112 valence electrons. The Hall–Kier alpha value is -1.26. The van der Waals surface area contributed by atoms with Crippen LogP contribution in [-0.2, 0) is 0 Å². The maximum absolute atomic E-state index is 4.09. The first-order valence-electron chi connectivity index (χ1n) is 7.59. The average molecular weight is 301 g/mol. The molecule has 0 aliphatic heterocycles. The first-order valence-corrected chi connectivity index (χ1v) is 8.82. The van der Waals surface area contributed by atoms with Crippen LogP contribution in [0.4, 0.5) is 0 Å². The summed E-state index contributed by atoms with van der Waals surface area (Å²) in [7, 11) is 0. The van der Waals surface area contributed by atoms with E-state index in [2.05, 4.69) is 47.7 Å². The number of imidazole rings is 1. The quantitative estimate of drug-likeness (QED) is 0.880. The minimum absolute atomic E-state index is 0.395. The predicted octanol–water partition coefficient (Wildman–Crippen LogP) is 3.81. The molecular formula is C17H23N3S. The molecule has 1 aromatic carbocycles. The van der Waals surface area contributed by atoms with Crippen LogP contribution in [0.3, 0.4) is 0 Å². The monoisotopic (exact) mass is 301 g/mol. The smallest absolute Gasteiger partial charge is 0.0991 e. The maximum atomic E-state index is 4.09. The number of hydrogen-bond acceptors (Lipinski definition) is 3. The highest BCUT2D eigenvalue weighted by atomic mass is 32.2. The number of nitrogens with zero attached hydrogens (tertiary/aromatic N) is 2. The molecule has 1 N–H and O–H groups in total. The van der Waals surface area contributed by atoms with Crippen molar-refractivity contribution < 1.29 is 0 Å². The predicted molar refractivity (Wildman–Crippen MR) is 90.1 cm³/mol. The lowest BCUT2D eigenvalue weighted by Crippen LogP contribution is -2.43. The molecule has 1 aliphatic carbocycles. The van der Waals surface area contributed by atoms with Gasteiger partial charge in [-0.25, -0.2) is 4.98 Å². The minimum atomic E-state index is 0.395. The van der Waals surface area contributed by atoms with Gasteiger partial charge in [0.2, 0.25) is 0 Å². The Labute approximate surface area is 131 Å². The zero-order valence-electron chi connectivity index (χ0n) is 12.7. The molecular weight excluding hydrogens is 278 g/mol. The minimum Gasteiger partial charge on any atom is -0.309 e. The van der Waals surface area contributed by atoms with E-state index in [1.165, 1.54) is 24.8 Å². The van der Waals surface area contributed by atoms with Gasteiger partial charge in [0.1, 0.15) is 0 Å². The van der Waals surface area contributed by atoms with Crippen molar-refractivity contribution in [1.29, 1.82) is 0 Å². The summed E-state index contributed by atoms with van der Waals surface area (Å²) in [6, 6.07) is 9.12. The number of hydrogen-bond donors (Lipinski definition) is 1. The van der Waals surface area contributed by atoms with Gasteiger partial charge in [0, 0.05) is 35.4 Å². The van der Waals surface area contributed by atoms with Gasteiger partial charge in [-0.3, -0.25) is 0 Å². The van der Waals surface area contributed by atoms with Crippen molar-refractivity contribution in [3.05, 3.63) is 48.5 Å². The van der Waals surface area contributed by atoms with Crippen LogP contribution in [0, 0.1) is 0 Å². The topological polar surface area (TPSA) is 29.9 Å². The van der Waals surface area contributed by atoms with E-state index in [9.17, 15) is 0 Å². The van der Waals surface area contributed by atoms with Gasteiger partial charge in [-0.05, 0) is 43.7 Å². The first-order chi connectivity index (χ1) is 10.2. The number of aromatic nitrogens is 2. The molecule has 0 amide bonds. The van der Waals surface area contributed by atoms with Crippen molar-refractivity contribution in [3.63, 3.8) is 0 Å². The van der Waals surface area contributed by atoms with E-state index in [4.69, 9.17) is 0 Å². The van der Waals surface area contributed by atoms with E-state index in [0.29, 0.717) is 10.8 Å². The highest BCUT2D eigenvalue weighted by Crippen LogP contribution is 2.42. The molecule has 1 saturated carbocycles. The van der Waals surface area contributed by atoms with Crippen LogP contribution in [0.1, 0.15) is 37.8 Å². The normalized spacial score (nSPS) is 18.2. The summed E-state index contributed by atoms with van der Waals surface area (Å²) in [4.78, 5) is 4.09. The second-order valence-corrected chi connectivity index (χ2v) is 7.18. The zero-order valence-corrected chi connectivity index (χ0v) is 13.6. The Morgan fingerprint density at radius 2 is 2.10 bits per heavy atom. The van der Waals surface area contributed by atoms with Crippen molar-refractivity contribution in [2.24, 2.45) is 0 Å². The molecule has 21 heavy (non-hydrogen) atoms. The maximum Gasteiger partial charge on any atom is 0.0991 e. The van der Waals surface area contributed by atoms with Crippen LogP contribution in [0.25, 0.3) is 5.69 Å². The lowest BCUT2D eigenvalue weighted by Gasteiger charge is -2.41. The Morgan fingerprint density at radius 1 is 1.33 bits per heavy atom. The fraction of sp³-hybridized carbons (Fsp3) is 0.471. The summed E-state index contributed by atoms with van der Waals surface area (Å²) < 4.78 is 2.52. The van der Waals surface area contributed by atoms with Crippen LogP contribution in [0.15, 0.2) is 43.0 Å². The Bertz CT molecular complexity index is 553. The van der Waals surface area contributed by atoms with Gasteiger partial charge in [0.05, 0.1) is 6.33 Å². The molecule has 1 unspecified atom stereocenters. The third-order valence-corrected chi connectivity index (χ3v) is 6.04. The highest BCUT2D eigenvalue weighted by Gasteiger charge is 2.35. The van der Waals surface area contributed by atoms with Crippen LogP contribution < -0.4 is 5.32 Å². The Morgan fingerprint density at radius 3 is 2.62 bits per heavy atom. The highest BCUT2D eigenvalue weighted by molar-refractivity contribution is 8.00. The molecule has 1 heterocycles. The third kappa shape index (κ3) is 3.16. The molecule has 0 radical (unpaired) electrons. The summed E-state index contributed by atoms with van der Waals surface area (Å²) in [5.41, 5.74) is 2.50. The Kier molecular flexibility index (Phi) is 4.36. The van der Waals surface area contributed by atoms with Crippen LogP contribution >= 0.6 is 11.8 Å². The fourth-order valence-corrected chi connectivity index (χ4v) is 3.75. The molecule has 0 spiro atoms. The molecule has 1 atom stereocenters. The van der Waals surface area contributed by atoms with Gasteiger partial charge < -0.3 is 9.88 Å².